The van der Waals surface area contributed by atoms with Crippen molar-refractivity contribution in [1.29, 1.82) is 0 Å². The molecule has 0 fully saturated rings. The van der Waals surface area contributed by atoms with Gasteiger partial charge < -0.3 is 10.2 Å². The molecule has 1 heterocycles. The van der Waals surface area contributed by atoms with Gasteiger partial charge in [0.2, 0.25) is 11.8 Å². The lowest BCUT2D eigenvalue weighted by Gasteiger charge is -2.11. The van der Waals surface area contributed by atoms with E-state index < -0.39 is 0 Å². The van der Waals surface area contributed by atoms with Crippen LogP contribution in [0.1, 0.15) is 23.1 Å². The van der Waals surface area contributed by atoms with Gasteiger partial charge in [-0.25, -0.2) is 0 Å². The molecule has 1 aliphatic heterocycles. The van der Waals surface area contributed by atoms with Gasteiger partial charge in [-0.1, -0.05) is 24.3 Å². The summed E-state index contributed by atoms with van der Waals surface area (Å²) in [5.74, 6) is 0.0777. The van der Waals surface area contributed by atoms with E-state index in [4.69, 9.17) is 0 Å². The Balaban J connectivity index is 1.62. The first-order valence-corrected chi connectivity index (χ1v) is 7.78. The zero-order valence-corrected chi connectivity index (χ0v) is 13.4. The molecule has 0 aliphatic carbocycles. The molecule has 0 unspecified atom stereocenters. The van der Waals surface area contributed by atoms with Crippen molar-refractivity contribution in [2.45, 2.75) is 26.2 Å². The van der Waals surface area contributed by atoms with Crippen LogP contribution in [0.2, 0.25) is 0 Å². The monoisotopic (exact) mass is 308 g/mol. The second kappa shape index (κ2) is 6.24. The number of nitrogens with zero attached hydrogens (tertiary/aromatic N) is 1. The van der Waals surface area contributed by atoms with Crippen LogP contribution in [0.3, 0.4) is 0 Å². The average Bonchev–Trinajstić information content (AvgIpc) is 2.81. The van der Waals surface area contributed by atoms with E-state index in [-0.39, 0.29) is 11.8 Å². The van der Waals surface area contributed by atoms with E-state index in [0.29, 0.717) is 12.8 Å². The molecule has 0 saturated heterocycles. The maximum Gasteiger partial charge on any atom is 0.231 e. The number of carbonyl (C=O) groups excluding carboxylic acids is 2. The van der Waals surface area contributed by atoms with Crippen LogP contribution in [-0.2, 0) is 22.4 Å². The molecule has 2 aromatic carbocycles. The molecule has 3 rings (SSSR count). The van der Waals surface area contributed by atoms with Crippen LogP contribution >= 0.6 is 0 Å². The molecular formula is C19H20N2O2. The van der Waals surface area contributed by atoms with Gasteiger partial charge in [-0.3, -0.25) is 9.59 Å². The van der Waals surface area contributed by atoms with Crippen molar-refractivity contribution in [1.82, 2.24) is 0 Å². The molecule has 1 aliphatic rings. The summed E-state index contributed by atoms with van der Waals surface area (Å²) < 4.78 is 0. The highest BCUT2D eigenvalue weighted by atomic mass is 16.2. The Labute approximate surface area is 136 Å². The SMILES string of the molecule is Cc1ccccc1CCC(=O)Nc1ccc2c(c1)CC(=O)N2C. The summed E-state index contributed by atoms with van der Waals surface area (Å²) in [5, 5.41) is 2.92. The molecule has 2 aromatic rings. The maximum absolute atomic E-state index is 12.1. The Kier molecular flexibility index (Phi) is 4.15. The summed E-state index contributed by atoms with van der Waals surface area (Å²) in [6, 6.07) is 13.7. The summed E-state index contributed by atoms with van der Waals surface area (Å²) in [4.78, 5) is 25.5. The van der Waals surface area contributed by atoms with Crippen molar-refractivity contribution in [2.75, 3.05) is 17.3 Å². The first kappa shape index (κ1) is 15.3. The van der Waals surface area contributed by atoms with Gasteiger partial charge in [-0.15, -0.1) is 0 Å². The van der Waals surface area contributed by atoms with Gasteiger partial charge in [0, 0.05) is 24.8 Å². The van der Waals surface area contributed by atoms with E-state index >= 15 is 0 Å². The molecule has 0 radical (unpaired) electrons. The molecule has 23 heavy (non-hydrogen) atoms. The third-order valence-electron chi connectivity index (χ3n) is 4.32. The zero-order valence-electron chi connectivity index (χ0n) is 13.4. The quantitative estimate of drug-likeness (QED) is 0.943. The summed E-state index contributed by atoms with van der Waals surface area (Å²) in [6.45, 7) is 2.06. The topological polar surface area (TPSA) is 49.4 Å². The Morgan fingerprint density at radius 3 is 2.78 bits per heavy atom. The van der Waals surface area contributed by atoms with E-state index in [1.54, 1.807) is 11.9 Å². The van der Waals surface area contributed by atoms with Crippen LogP contribution in [-0.4, -0.2) is 18.9 Å². The maximum atomic E-state index is 12.1. The minimum atomic E-state index is -0.00844. The van der Waals surface area contributed by atoms with Gasteiger partial charge in [0.25, 0.3) is 0 Å². The smallest absolute Gasteiger partial charge is 0.231 e. The number of benzene rings is 2. The van der Waals surface area contributed by atoms with Gasteiger partial charge in [-0.2, -0.15) is 0 Å². The van der Waals surface area contributed by atoms with Crippen LogP contribution in [0.5, 0.6) is 0 Å². The lowest BCUT2D eigenvalue weighted by Crippen LogP contribution is -2.20. The second-order valence-electron chi connectivity index (χ2n) is 5.95. The molecule has 4 nitrogen and oxygen atoms in total. The van der Waals surface area contributed by atoms with E-state index in [9.17, 15) is 9.59 Å². The molecule has 0 spiro atoms. The Hall–Kier alpha value is -2.62. The van der Waals surface area contributed by atoms with E-state index in [1.165, 1.54) is 11.1 Å². The fraction of sp³-hybridized carbons (Fsp3) is 0.263. The van der Waals surface area contributed by atoms with Crippen molar-refractivity contribution >= 4 is 23.2 Å². The molecule has 2 amide bonds. The average molecular weight is 308 g/mol. The summed E-state index contributed by atoms with van der Waals surface area (Å²) in [5.41, 5.74) is 5.05. The summed E-state index contributed by atoms with van der Waals surface area (Å²) in [7, 11) is 1.77. The first-order chi connectivity index (χ1) is 11.0. The number of carbonyl (C=O) groups is 2. The molecule has 0 atom stereocenters. The normalized spacial score (nSPS) is 13.1. The van der Waals surface area contributed by atoms with Crippen LogP contribution < -0.4 is 10.2 Å². The molecule has 4 heteroatoms. The highest BCUT2D eigenvalue weighted by Gasteiger charge is 2.23. The molecule has 118 valence electrons. The fourth-order valence-corrected chi connectivity index (χ4v) is 2.91. The summed E-state index contributed by atoms with van der Waals surface area (Å²) in [6.07, 6.45) is 1.57. The highest BCUT2D eigenvalue weighted by molar-refractivity contribution is 6.02. The Bertz CT molecular complexity index is 768. The standard InChI is InChI=1S/C19H20N2O2/c1-13-5-3-4-6-14(13)7-10-18(22)20-16-8-9-17-15(11-16)12-19(23)21(17)2/h3-6,8-9,11H,7,10,12H2,1-2H3,(H,20,22). The van der Waals surface area contributed by atoms with Crippen molar-refractivity contribution in [2.24, 2.45) is 0 Å². The summed E-state index contributed by atoms with van der Waals surface area (Å²) >= 11 is 0. The van der Waals surface area contributed by atoms with Crippen LogP contribution in [0.15, 0.2) is 42.5 Å². The van der Waals surface area contributed by atoms with Crippen molar-refractivity contribution in [3.8, 4) is 0 Å². The predicted molar refractivity (Wildman–Crippen MR) is 91.7 cm³/mol. The second-order valence-corrected chi connectivity index (χ2v) is 5.95. The van der Waals surface area contributed by atoms with Gasteiger partial charge in [0.1, 0.15) is 0 Å². The van der Waals surface area contributed by atoms with E-state index in [1.807, 2.05) is 30.3 Å². The zero-order chi connectivity index (χ0) is 16.4. The number of anilines is 2. The molecule has 0 saturated carbocycles. The van der Waals surface area contributed by atoms with Crippen molar-refractivity contribution in [3.63, 3.8) is 0 Å². The lowest BCUT2D eigenvalue weighted by atomic mass is 10.0. The lowest BCUT2D eigenvalue weighted by molar-refractivity contribution is -0.117. The third-order valence-corrected chi connectivity index (χ3v) is 4.32. The van der Waals surface area contributed by atoms with Gasteiger partial charge in [0.15, 0.2) is 0 Å². The van der Waals surface area contributed by atoms with E-state index in [0.717, 1.165) is 23.4 Å². The number of nitrogens with one attached hydrogen (secondary N) is 1. The fourth-order valence-electron chi connectivity index (χ4n) is 2.91. The van der Waals surface area contributed by atoms with Crippen molar-refractivity contribution in [3.05, 3.63) is 59.2 Å². The number of hydrogen-bond donors (Lipinski definition) is 1. The minimum Gasteiger partial charge on any atom is -0.326 e. The van der Waals surface area contributed by atoms with Gasteiger partial charge in [0.05, 0.1) is 6.42 Å². The predicted octanol–water partition coefficient (Wildman–Crippen LogP) is 3.09. The molecule has 0 bridgehead atoms. The first-order valence-electron chi connectivity index (χ1n) is 7.78. The van der Waals surface area contributed by atoms with Crippen LogP contribution in [0.25, 0.3) is 0 Å². The van der Waals surface area contributed by atoms with Crippen LogP contribution in [0, 0.1) is 6.92 Å². The van der Waals surface area contributed by atoms with Gasteiger partial charge in [-0.05, 0) is 48.2 Å². The molecule has 1 N–H and O–H groups in total. The molecular weight excluding hydrogens is 288 g/mol. The van der Waals surface area contributed by atoms with E-state index in [2.05, 4.69) is 24.4 Å². The highest BCUT2D eigenvalue weighted by Crippen LogP contribution is 2.30. The number of fused-ring (bicyclic) bond motifs is 1. The number of aryl methyl sites for hydroxylation is 2. The largest absolute Gasteiger partial charge is 0.326 e. The number of likely N-dealkylation sites (N-methyl/N-ethyl adjacent to an activating group) is 1. The molecule has 0 aromatic heterocycles. The number of amides is 2. The van der Waals surface area contributed by atoms with Crippen LogP contribution in [0.4, 0.5) is 11.4 Å². The third kappa shape index (κ3) is 3.26. The Morgan fingerprint density at radius 1 is 1.22 bits per heavy atom. The minimum absolute atomic E-state index is 0.00844. The Morgan fingerprint density at radius 2 is 2.00 bits per heavy atom. The number of hydrogen-bond acceptors (Lipinski definition) is 2. The van der Waals surface area contributed by atoms with Gasteiger partial charge >= 0.3 is 0 Å². The number of rotatable bonds is 4. The van der Waals surface area contributed by atoms with Crippen molar-refractivity contribution < 1.29 is 9.59 Å².